The van der Waals surface area contributed by atoms with Crippen LogP contribution in [0.4, 0.5) is 0 Å². The average Bonchev–Trinajstić information content (AvgIpc) is 2.39. The number of rotatable bonds is 7. The maximum Gasteiger partial charge on any atom is 0.331 e. The summed E-state index contributed by atoms with van der Waals surface area (Å²) in [5, 5.41) is 12.3. The fourth-order valence-corrected chi connectivity index (χ4v) is 3.47. The zero-order valence-electron chi connectivity index (χ0n) is 11.5. The van der Waals surface area contributed by atoms with E-state index in [0.717, 1.165) is 6.54 Å². The number of carboxylic acid groups (broad SMARTS) is 1. The number of aliphatic carboxylic acids is 1. The summed E-state index contributed by atoms with van der Waals surface area (Å²) in [5.41, 5.74) is 0.504. The molecule has 1 aliphatic carbocycles. The van der Waals surface area contributed by atoms with Crippen LogP contribution in [0.1, 0.15) is 45.4 Å². The lowest BCUT2D eigenvalue weighted by atomic mass is 9.88. The number of carboxylic acids is 1. The molecule has 104 valence electrons. The molecule has 1 aliphatic rings. The van der Waals surface area contributed by atoms with Gasteiger partial charge in [0.05, 0.1) is 0 Å². The fraction of sp³-hybridized carbons (Fsp3) is 0.786. The molecule has 0 aromatic carbocycles. The van der Waals surface area contributed by atoms with Crippen LogP contribution in [0, 0.1) is 0 Å². The Labute approximate surface area is 114 Å². The lowest BCUT2D eigenvalue weighted by molar-refractivity contribution is -0.132. The van der Waals surface area contributed by atoms with E-state index in [1.165, 1.54) is 32.1 Å². The normalized spacial score (nSPS) is 19.8. The summed E-state index contributed by atoms with van der Waals surface area (Å²) in [4.78, 5) is 10.8. The lowest BCUT2D eigenvalue weighted by Gasteiger charge is -2.36. The first-order valence-electron chi connectivity index (χ1n) is 6.82. The van der Waals surface area contributed by atoms with Gasteiger partial charge in [-0.1, -0.05) is 32.3 Å². The van der Waals surface area contributed by atoms with Gasteiger partial charge in [0.2, 0.25) is 0 Å². The monoisotopic (exact) mass is 271 g/mol. The predicted molar refractivity (Wildman–Crippen MR) is 78.2 cm³/mol. The van der Waals surface area contributed by atoms with Gasteiger partial charge in [0.1, 0.15) is 0 Å². The van der Waals surface area contributed by atoms with E-state index >= 15 is 0 Å². The third-order valence-corrected chi connectivity index (χ3v) is 5.21. The molecule has 1 rings (SSSR count). The molecule has 18 heavy (non-hydrogen) atoms. The molecule has 0 aliphatic heterocycles. The Morgan fingerprint density at radius 2 is 2.06 bits per heavy atom. The van der Waals surface area contributed by atoms with E-state index in [1.807, 2.05) is 18.7 Å². The maximum absolute atomic E-state index is 10.8. The predicted octanol–water partition coefficient (Wildman–Crippen LogP) is 3.06. The van der Waals surface area contributed by atoms with Crippen LogP contribution in [-0.2, 0) is 4.79 Å². The molecule has 0 aromatic heterocycles. The molecule has 1 fully saturated rings. The van der Waals surface area contributed by atoms with Crippen molar-refractivity contribution in [3.05, 3.63) is 11.6 Å². The van der Waals surface area contributed by atoms with Gasteiger partial charge in [0, 0.05) is 23.4 Å². The number of hydrogen-bond acceptors (Lipinski definition) is 3. The third-order valence-electron chi connectivity index (χ3n) is 3.79. The van der Waals surface area contributed by atoms with E-state index < -0.39 is 5.97 Å². The molecule has 0 bridgehead atoms. The van der Waals surface area contributed by atoms with Crippen LogP contribution < -0.4 is 5.32 Å². The summed E-state index contributed by atoms with van der Waals surface area (Å²) in [6, 6.07) is 0. The molecule has 0 aromatic rings. The summed E-state index contributed by atoms with van der Waals surface area (Å²) < 4.78 is 0.377. The second kappa shape index (κ2) is 7.85. The van der Waals surface area contributed by atoms with Crippen LogP contribution in [0.2, 0.25) is 0 Å². The van der Waals surface area contributed by atoms with Crippen molar-refractivity contribution in [3.8, 4) is 0 Å². The SMILES string of the molecule is CCC(=CCNCC1(SC)CCCCC1)C(=O)O. The van der Waals surface area contributed by atoms with Crippen LogP contribution in [0.3, 0.4) is 0 Å². The van der Waals surface area contributed by atoms with Gasteiger partial charge in [-0.15, -0.1) is 0 Å². The zero-order valence-corrected chi connectivity index (χ0v) is 12.3. The van der Waals surface area contributed by atoms with E-state index in [4.69, 9.17) is 5.11 Å². The summed E-state index contributed by atoms with van der Waals surface area (Å²) in [5.74, 6) is -0.795. The topological polar surface area (TPSA) is 49.3 Å². The quantitative estimate of drug-likeness (QED) is 0.552. The van der Waals surface area contributed by atoms with E-state index in [0.29, 0.717) is 23.3 Å². The van der Waals surface area contributed by atoms with Crippen molar-refractivity contribution >= 4 is 17.7 Å². The highest BCUT2D eigenvalue weighted by atomic mass is 32.2. The van der Waals surface area contributed by atoms with Gasteiger partial charge >= 0.3 is 5.97 Å². The van der Waals surface area contributed by atoms with Crippen molar-refractivity contribution in [2.24, 2.45) is 0 Å². The molecule has 3 nitrogen and oxygen atoms in total. The van der Waals surface area contributed by atoms with Crippen LogP contribution >= 0.6 is 11.8 Å². The van der Waals surface area contributed by atoms with Crippen LogP contribution in [0.15, 0.2) is 11.6 Å². The number of hydrogen-bond donors (Lipinski definition) is 2. The molecule has 0 heterocycles. The molecule has 4 heteroatoms. The van der Waals surface area contributed by atoms with Gasteiger partial charge in [-0.05, 0) is 25.5 Å². The molecule has 0 atom stereocenters. The molecule has 0 spiro atoms. The summed E-state index contributed by atoms with van der Waals surface area (Å²) in [6.07, 6.45) is 11.2. The Morgan fingerprint density at radius 3 is 2.56 bits per heavy atom. The van der Waals surface area contributed by atoms with Gasteiger partial charge in [-0.25, -0.2) is 4.79 Å². The molecule has 1 saturated carbocycles. The van der Waals surface area contributed by atoms with Crippen LogP contribution in [-0.4, -0.2) is 35.2 Å². The first-order chi connectivity index (χ1) is 8.63. The molecule has 2 N–H and O–H groups in total. The first kappa shape index (κ1) is 15.6. The van der Waals surface area contributed by atoms with Crippen LogP contribution in [0.5, 0.6) is 0 Å². The molecular weight excluding hydrogens is 246 g/mol. The lowest BCUT2D eigenvalue weighted by Crippen LogP contribution is -2.39. The van der Waals surface area contributed by atoms with Crippen LogP contribution in [0.25, 0.3) is 0 Å². The van der Waals surface area contributed by atoms with Gasteiger partial charge in [0.15, 0.2) is 0 Å². The Morgan fingerprint density at radius 1 is 1.39 bits per heavy atom. The number of nitrogens with one attached hydrogen (secondary N) is 1. The van der Waals surface area contributed by atoms with Crippen molar-refractivity contribution in [2.45, 2.75) is 50.2 Å². The average molecular weight is 271 g/mol. The van der Waals surface area contributed by atoms with Crippen molar-refractivity contribution in [1.82, 2.24) is 5.32 Å². The maximum atomic E-state index is 10.8. The smallest absolute Gasteiger partial charge is 0.331 e. The molecule has 0 saturated heterocycles. The summed E-state index contributed by atoms with van der Waals surface area (Å²) >= 11 is 1.96. The van der Waals surface area contributed by atoms with Gasteiger partial charge in [-0.2, -0.15) is 11.8 Å². The minimum atomic E-state index is -0.795. The van der Waals surface area contributed by atoms with Gasteiger partial charge in [0.25, 0.3) is 0 Å². The largest absolute Gasteiger partial charge is 0.478 e. The highest BCUT2D eigenvalue weighted by Crippen LogP contribution is 2.37. The Bertz CT molecular complexity index is 296. The van der Waals surface area contributed by atoms with Gasteiger partial charge in [-0.3, -0.25) is 0 Å². The van der Waals surface area contributed by atoms with E-state index in [9.17, 15) is 4.79 Å². The van der Waals surface area contributed by atoms with E-state index in [-0.39, 0.29) is 0 Å². The van der Waals surface area contributed by atoms with Gasteiger partial charge < -0.3 is 10.4 Å². The molecule has 0 radical (unpaired) electrons. The number of carbonyl (C=O) groups is 1. The minimum Gasteiger partial charge on any atom is -0.478 e. The Hall–Kier alpha value is -0.480. The fourth-order valence-electron chi connectivity index (χ4n) is 2.53. The van der Waals surface area contributed by atoms with Crippen molar-refractivity contribution < 1.29 is 9.90 Å². The Kier molecular flexibility index (Phi) is 6.79. The van der Waals surface area contributed by atoms with Crippen molar-refractivity contribution in [3.63, 3.8) is 0 Å². The molecule has 0 amide bonds. The van der Waals surface area contributed by atoms with E-state index in [2.05, 4.69) is 11.6 Å². The summed E-state index contributed by atoms with van der Waals surface area (Å²) in [7, 11) is 0. The number of thioether (sulfide) groups is 1. The van der Waals surface area contributed by atoms with Crippen molar-refractivity contribution in [1.29, 1.82) is 0 Å². The van der Waals surface area contributed by atoms with E-state index in [1.54, 1.807) is 6.08 Å². The molecule has 0 unspecified atom stereocenters. The first-order valence-corrected chi connectivity index (χ1v) is 8.04. The highest BCUT2D eigenvalue weighted by molar-refractivity contribution is 8.00. The zero-order chi connectivity index (χ0) is 13.4. The minimum absolute atomic E-state index is 0.377. The Balaban J connectivity index is 2.37. The summed E-state index contributed by atoms with van der Waals surface area (Å²) in [6.45, 7) is 3.53. The molecular formula is C14H25NO2S. The van der Waals surface area contributed by atoms with Crippen molar-refractivity contribution in [2.75, 3.05) is 19.3 Å². The second-order valence-corrected chi connectivity index (χ2v) is 6.24. The third kappa shape index (κ3) is 4.65. The standard InChI is InChI=1S/C14H25NO2S/c1-3-12(13(16)17)7-10-15-11-14(18-2)8-5-4-6-9-14/h7,15H,3-6,8-11H2,1-2H3,(H,16,17). The second-order valence-electron chi connectivity index (χ2n) is 4.97. The highest BCUT2D eigenvalue weighted by Gasteiger charge is 2.30.